The molecule has 0 spiro atoms. The van der Waals surface area contributed by atoms with Gasteiger partial charge in [0, 0.05) is 25.0 Å². The number of allylic oxidation sites excluding steroid dienone is 2. The van der Waals surface area contributed by atoms with Crippen molar-refractivity contribution in [3.8, 4) is 0 Å². The van der Waals surface area contributed by atoms with Crippen molar-refractivity contribution in [2.24, 2.45) is 0 Å². The van der Waals surface area contributed by atoms with Crippen LogP contribution >= 0.6 is 0 Å². The van der Waals surface area contributed by atoms with Gasteiger partial charge in [-0.2, -0.15) is 0 Å². The van der Waals surface area contributed by atoms with Crippen molar-refractivity contribution in [1.29, 1.82) is 0 Å². The zero-order valence-corrected chi connectivity index (χ0v) is 48.7. The molecule has 3 aliphatic rings. The van der Waals surface area contributed by atoms with Gasteiger partial charge in [0.15, 0.2) is 50.8 Å². The topological polar surface area (TPSA) is 187 Å². The number of fused-ring (bicyclic) bond motifs is 1. The first-order chi connectivity index (χ1) is 34.6. The highest BCUT2D eigenvalue weighted by Crippen LogP contribution is 2.44. The molecule has 0 aliphatic carbocycles. The van der Waals surface area contributed by atoms with Crippen LogP contribution in [0.4, 0.5) is 0 Å². The lowest BCUT2D eigenvalue weighted by Gasteiger charge is -2.50. The van der Waals surface area contributed by atoms with Crippen molar-refractivity contribution >= 4 is 51.2 Å². The number of esters is 4. The highest BCUT2D eigenvalue weighted by atomic mass is 28.4. The largest absolute Gasteiger partial charge is 0.463 e. The maximum atomic E-state index is 14.7. The highest BCUT2D eigenvalue weighted by Gasteiger charge is 2.60. The SMILES string of the molecule is C=CCC[C@H](OC(C)=O)C(=O)CCC(=O)OCC1O[C@@H](OC2C3OC(C)(C)O[C@H]3C(C)O[C@H]2O[C@H](CC=C)CCC)C(O[Si](C)(C)C(C)(C)C)C(OC(=O)/C(C)=C/C)[C@@H]1OC(=O)/C=C(/c1ccccc1)[Si](C)(C)C. The lowest BCUT2D eigenvalue weighted by molar-refractivity contribution is -0.360. The maximum absolute atomic E-state index is 14.7. The van der Waals surface area contributed by atoms with Crippen molar-refractivity contribution in [3.05, 3.63) is 78.9 Å². The Balaban J connectivity index is 1.92. The lowest BCUT2D eigenvalue weighted by Crippen LogP contribution is -2.67. The number of benzene rings is 1. The van der Waals surface area contributed by atoms with Crippen LogP contribution in [0.2, 0.25) is 37.8 Å². The normalized spacial score (nSPS) is 27.2. The monoisotopic (exact) mass is 1070 g/mol. The third kappa shape index (κ3) is 17.5. The van der Waals surface area contributed by atoms with Crippen molar-refractivity contribution in [2.45, 2.75) is 231 Å². The molecule has 74 heavy (non-hydrogen) atoms. The molecule has 3 heterocycles. The van der Waals surface area contributed by atoms with Gasteiger partial charge in [-0.25, -0.2) is 9.59 Å². The third-order valence-electron chi connectivity index (χ3n) is 13.7. The number of carbonyl (C=O) groups is 5. The fraction of sp³-hybridized carbons (Fsp3) is 0.661. The van der Waals surface area contributed by atoms with E-state index >= 15 is 0 Å². The first kappa shape index (κ1) is 62.4. The van der Waals surface area contributed by atoms with E-state index in [0.29, 0.717) is 19.3 Å². The van der Waals surface area contributed by atoms with Gasteiger partial charge in [-0.15, -0.1) is 13.2 Å². The van der Waals surface area contributed by atoms with Gasteiger partial charge in [-0.05, 0) is 89.2 Å². The van der Waals surface area contributed by atoms with Crippen LogP contribution in [-0.4, -0.2) is 132 Å². The second-order valence-corrected chi connectivity index (χ2v) is 32.2. The smallest absolute Gasteiger partial charge is 0.333 e. The molecule has 0 bridgehead atoms. The molecule has 0 N–H and O–H groups in total. The Hall–Kier alpha value is -4.12. The van der Waals surface area contributed by atoms with E-state index in [0.717, 1.165) is 17.2 Å². The molecule has 0 saturated carbocycles. The molecule has 1 aromatic carbocycles. The molecular weight excluding hydrogens is 985 g/mol. The van der Waals surface area contributed by atoms with Crippen LogP contribution in [-0.2, 0) is 75.8 Å². The number of carbonyl (C=O) groups excluding carboxylic acids is 5. The van der Waals surface area contributed by atoms with Crippen molar-refractivity contribution in [1.82, 2.24) is 0 Å². The number of hydrogen-bond donors (Lipinski definition) is 0. The number of hydrogen-bond acceptors (Lipinski definition) is 16. The first-order valence-electron chi connectivity index (χ1n) is 26.1. The Bertz CT molecular complexity index is 2140. The van der Waals surface area contributed by atoms with Gasteiger partial charge < -0.3 is 51.8 Å². The van der Waals surface area contributed by atoms with E-state index < -0.39 is 131 Å². The Morgan fingerprint density at radius 3 is 2.08 bits per heavy atom. The summed E-state index contributed by atoms with van der Waals surface area (Å²) < 4.78 is 71.9. The predicted molar refractivity (Wildman–Crippen MR) is 285 cm³/mol. The number of Topliss-reactive ketones (excluding diaryl/α,β-unsaturated/α-hetero) is 1. The summed E-state index contributed by atoms with van der Waals surface area (Å²) in [5, 5.41) is 0.379. The quantitative estimate of drug-likeness (QED) is 0.0280. The average Bonchev–Trinajstić information content (AvgIpc) is 3.65. The molecule has 0 aromatic heterocycles. The molecule has 4 rings (SSSR count). The van der Waals surface area contributed by atoms with Gasteiger partial charge in [0.25, 0.3) is 0 Å². The third-order valence-corrected chi connectivity index (χ3v) is 20.3. The number of rotatable bonds is 26. The first-order valence-corrected chi connectivity index (χ1v) is 32.5. The summed E-state index contributed by atoms with van der Waals surface area (Å²) in [5.74, 6) is -4.45. The van der Waals surface area contributed by atoms with Crippen LogP contribution in [0, 0.1) is 0 Å². The maximum Gasteiger partial charge on any atom is 0.333 e. The second-order valence-electron chi connectivity index (χ2n) is 22.4. The number of ketones is 1. The highest BCUT2D eigenvalue weighted by molar-refractivity contribution is 6.94. The predicted octanol–water partition coefficient (Wildman–Crippen LogP) is 10.1. The standard InChI is InChI=1S/C56H86O16Si2/c1-18-22-30-41(64-37(7)57)40(58)31-32-44(59)62-34-42-47(67-45(60)33-43(73(13,14)15)38-28-24-23-25-29-38)48(68-52(61)35(5)21-4)51(72-74(16,17)55(8,9)10)54(66-42)69-50-49-46(70-56(11,12)71-49)36(6)63-53(50)65-39(26-19-2)27-20-3/h18-19,21,23-25,28-29,33,36,39,41-42,46-51,53-54H,1-2,20,22,26-27,30-32,34H2,3-17H3/b35-21+,43-33-/t36?,39-,41+,42?,46+,47-,48?,49?,50?,51?,53+,54+/m1/s1. The van der Waals surface area contributed by atoms with Crippen molar-refractivity contribution in [2.75, 3.05) is 6.61 Å². The summed E-state index contributed by atoms with van der Waals surface area (Å²) in [7, 11) is -5.17. The van der Waals surface area contributed by atoms with E-state index in [1.54, 1.807) is 45.9 Å². The van der Waals surface area contributed by atoms with Crippen molar-refractivity contribution in [3.63, 3.8) is 0 Å². The van der Waals surface area contributed by atoms with Gasteiger partial charge in [-0.3, -0.25) is 14.4 Å². The van der Waals surface area contributed by atoms with Gasteiger partial charge in [-0.1, -0.05) is 102 Å². The summed E-state index contributed by atoms with van der Waals surface area (Å²) in [6.45, 7) is 35.7. The van der Waals surface area contributed by atoms with Crippen LogP contribution < -0.4 is 0 Å². The summed E-state index contributed by atoms with van der Waals surface area (Å²) >= 11 is 0. The molecule has 12 atom stereocenters. The van der Waals surface area contributed by atoms with E-state index in [9.17, 15) is 24.0 Å². The van der Waals surface area contributed by atoms with E-state index in [1.807, 2.05) is 50.3 Å². The van der Waals surface area contributed by atoms with Crippen LogP contribution in [0.3, 0.4) is 0 Å². The minimum Gasteiger partial charge on any atom is -0.463 e. The van der Waals surface area contributed by atoms with Gasteiger partial charge in [0.2, 0.25) is 0 Å². The fourth-order valence-electron chi connectivity index (χ4n) is 8.70. The van der Waals surface area contributed by atoms with E-state index in [1.165, 1.54) is 13.0 Å². The molecule has 0 radical (unpaired) electrons. The summed E-state index contributed by atoms with van der Waals surface area (Å²) in [6, 6.07) is 9.53. The number of ether oxygens (including phenoxy) is 10. The molecule has 0 amide bonds. The Labute approximate surface area is 442 Å². The average molecular weight is 1070 g/mol. The van der Waals surface area contributed by atoms with E-state index in [-0.39, 0.29) is 30.9 Å². The van der Waals surface area contributed by atoms with Crippen molar-refractivity contribution < 1.29 is 75.8 Å². The minimum atomic E-state index is -2.92. The minimum absolute atomic E-state index is 0.199. The molecular formula is C56H86O16Si2. The fourth-order valence-corrected chi connectivity index (χ4v) is 11.6. The molecule has 18 heteroatoms. The van der Waals surface area contributed by atoms with Gasteiger partial charge in [0.1, 0.15) is 37.1 Å². The molecule has 16 nitrogen and oxygen atoms in total. The Morgan fingerprint density at radius 1 is 0.838 bits per heavy atom. The molecule has 414 valence electrons. The van der Waals surface area contributed by atoms with E-state index in [2.05, 4.69) is 60.5 Å². The molecule has 6 unspecified atom stereocenters. The van der Waals surface area contributed by atoms with Gasteiger partial charge in [0.05, 0.1) is 26.7 Å². The summed E-state index contributed by atoms with van der Waals surface area (Å²) in [6.07, 6.45) is -4.02. The molecule has 1 aromatic rings. The second kappa shape index (κ2) is 27.3. The van der Waals surface area contributed by atoms with Crippen LogP contribution in [0.1, 0.15) is 120 Å². The van der Waals surface area contributed by atoms with E-state index in [4.69, 9.17) is 51.8 Å². The lowest BCUT2D eigenvalue weighted by atomic mass is 9.96. The molecule has 3 saturated heterocycles. The van der Waals surface area contributed by atoms with Gasteiger partial charge >= 0.3 is 23.9 Å². The molecule has 3 aliphatic heterocycles. The zero-order chi connectivity index (χ0) is 55.3. The van der Waals surface area contributed by atoms with Crippen LogP contribution in [0.25, 0.3) is 5.20 Å². The summed E-state index contributed by atoms with van der Waals surface area (Å²) in [5.41, 5.74) is 1.11. The summed E-state index contributed by atoms with van der Waals surface area (Å²) in [4.78, 5) is 67.8. The van der Waals surface area contributed by atoms with Crippen LogP contribution in [0.15, 0.2) is 73.4 Å². The molecule has 3 fully saturated rings. The Morgan fingerprint density at radius 2 is 1.50 bits per heavy atom. The zero-order valence-electron chi connectivity index (χ0n) is 46.7. The Kier molecular flexibility index (Phi) is 23.0. The van der Waals surface area contributed by atoms with Crippen LogP contribution in [0.5, 0.6) is 0 Å².